The van der Waals surface area contributed by atoms with Crippen molar-refractivity contribution in [3.63, 3.8) is 0 Å². The molecule has 39 heavy (non-hydrogen) atoms. The van der Waals surface area contributed by atoms with Gasteiger partial charge in [0.25, 0.3) is 5.91 Å². The van der Waals surface area contributed by atoms with Gasteiger partial charge in [0.1, 0.15) is 11.9 Å². The highest BCUT2D eigenvalue weighted by Gasteiger charge is 2.23. The molecule has 10 heteroatoms. The Balaban J connectivity index is 1.32. The first-order valence-corrected chi connectivity index (χ1v) is 12.1. The highest BCUT2D eigenvalue weighted by atomic mass is 19.2. The van der Waals surface area contributed by atoms with Crippen LogP contribution in [-0.4, -0.2) is 32.4 Å². The summed E-state index contributed by atoms with van der Waals surface area (Å²) in [5.41, 5.74) is 8.24. The average molecular weight is 527 g/mol. The van der Waals surface area contributed by atoms with E-state index in [0.717, 1.165) is 34.2 Å². The standard InChI is InChI=1S/C29H24F2N6O2/c30-24-8-2-18(14-25(24)31)15-26(36-28(38)20-3-5-22(6-4-20)37-12-11-33-17-37)29(39)35-16-19-1-7-23-21(13-19)9-10-34-27(23)32/h1-14,17,26H,15-16H2,(H2,32,34)(H,35,39)(H,36,38)/t26-/m0/s1. The second kappa shape index (κ2) is 11.1. The molecule has 2 aromatic heterocycles. The fourth-order valence-electron chi connectivity index (χ4n) is 4.22. The van der Waals surface area contributed by atoms with E-state index in [-0.39, 0.29) is 13.0 Å². The molecule has 5 aromatic rings. The number of nitrogens with one attached hydrogen (secondary N) is 2. The van der Waals surface area contributed by atoms with Gasteiger partial charge in [-0.25, -0.2) is 18.7 Å². The number of fused-ring (bicyclic) bond motifs is 1. The topological polar surface area (TPSA) is 115 Å². The maximum absolute atomic E-state index is 13.9. The van der Waals surface area contributed by atoms with E-state index in [1.807, 2.05) is 24.3 Å². The van der Waals surface area contributed by atoms with Gasteiger partial charge in [-0.05, 0) is 65.0 Å². The van der Waals surface area contributed by atoms with Crippen LogP contribution in [0.4, 0.5) is 14.6 Å². The first-order valence-electron chi connectivity index (χ1n) is 12.1. The van der Waals surface area contributed by atoms with Gasteiger partial charge in [-0.3, -0.25) is 9.59 Å². The quantitative estimate of drug-likeness (QED) is 0.283. The zero-order chi connectivity index (χ0) is 27.4. The Hall–Kier alpha value is -5.12. The van der Waals surface area contributed by atoms with Crippen molar-refractivity contribution in [2.75, 3.05) is 5.73 Å². The minimum Gasteiger partial charge on any atom is -0.383 e. The number of amides is 2. The van der Waals surface area contributed by atoms with Crippen LogP contribution in [0.2, 0.25) is 0 Å². The summed E-state index contributed by atoms with van der Waals surface area (Å²) in [6, 6.07) is 16.5. The maximum Gasteiger partial charge on any atom is 0.251 e. The number of carbonyl (C=O) groups is 2. The molecule has 0 aliphatic rings. The molecule has 3 aromatic carbocycles. The fourth-order valence-corrected chi connectivity index (χ4v) is 4.22. The van der Waals surface area contributed by atoms with Crippen molar-refractivity contribution < 1.29 is 18.4 Å². The van der Waals surface area contributed by atoms with Crippen LogP contribution in [0.25, 0.3) is 16.5 Å². The zero-order valence-electron chi connectivity index (χ0n) is 20.6. The number of nitrogens with zero attached hydrogens (tertiary/aromatic N) is 3. The van der Waals surface area contributed by atoms with Crippen LogP contribution < -0.4 is 16.4 Å². The van der Waals surface area contributed by atoms with E-state index in [0.29, 0.717) is 16.9 Å². The Bertz CT molecular complexity index is 1640. The molecule has 0 bridgehead atoms. The lowest BCUT2D eigenvalue weighted by atomic mass is 10.0. The number of rotatable bonds is 8. The summed E-state index contributed by atoms with van der Waals surface area (Å²) < 4.78 is 29.1. The highest BCUT2D eigenvalue weighted by molar-refractivity contribution is 5.98. The van der Waals surface area contributed by atoms with E-state index in [9.17, 15) is 18.4 Å². The summed E-state index contributed by atoms with van der Waals surface area (Å²) in [6.07, 6.45) is 6.63. The van der Waals surface area contributed by atoms with Crippen LogP contribution in [0.1, 0.15) is 21.5 Å². The van der Waals surface area contributed by atoms with Crippen molar-refractivity contribution in [1.29, 1.82) is 0 Å². The van der Waals surface area contributed by atoms with Gasteiger partial charge in [-0.15, -0.1) is 0 Å². The van der Waals surface area contributed by atoms with Crippen molar-refractivity contribution in [2.24, 2.45) is 0 Å². The molecule has 0 spiro atoms. The van der Waals surface area contributed by atoms with Crippen LogP contribution in [0.3, 0.4) is 0 Å². The maximum atomic E-state index is 13.9. The number of hydrogen-bond donors (Lipinski definition) is 3. The lowest BCUT2D eigenvalue weighted by molar-refractivity contribution is -0.123. The molecule has 0 aliphatic carbocycles. The van der Waals surface area contributed by atoms with Gasteiger partial charge >= 0.3 is 0 Å². The molecular weight excluding hydrogens is 502 g/mol. The number of halogens is 2. The molecule has 8 nitrogen and oxygen atoms in total. The largest absolute Gasteiger partial charge is 0.383 e. The van der Waals surface area contributed by atoms with Crippen molar-refractivity contribution in [1.82, 2.24) is 25.2 Å². The van der Waals surface area contributed by atoms with E-state index in [4.69, 9.17) is 5.73 Å². The van der Waals surface area contributed by atoms with Crippen molar-refractivity contribution >= 4 is 28.4 Å². The van der Waals surface area contributed by atoms with Crippen LogP contribution in [0, 0.1) is 11.6 Å². The lowest BCUT2D eigenvalue weighted by Gasteiger charge is -2.19. The zero-order valence-corrected chi connectivity index (χ0v) is 20.6. The number of carbonyl (C=O) groups excluding carboxylic acids is 2. The fraction of sp³-hybridized carbons (Fsp3) is 0.103. The van der Waals surface area contributed by atoms with E-state index in [1.165, 1.54) is 6.07 Å². The molecule has 2 amide bonds. The SMILES string of the molecule is Nc1nccc2cc(CNC(=O)[C@H](Cc3ccc(F)c(F)c3)NC(=O)c3ccc(-n4ccnc4)cc3)ccc12. The summed E-state index contributed by atoms with van der Waals surface area (Å²) >= 11 is 0. The number of anilines is 1. The molecule has 0 fully saturated rings. The Morgan fingerprint density at radius 1 is 0.923 bits per heavy atom. The molecule has 0 aliphatic heterocycles. The third kappa shape index (κ3) is 5.90. The number of hydrogen-bond acceptors (Lipinski definition) is 5. The van der Waals surface area contributed by atoms with Crippen LogP contribution in [0.15, 0.2) is 91.6 Å². The summed E-state index contributed by atoms with van der Waals surface area (Å²) in [4.78, 5) is 34.4. The molecule has 0 radical (unpaired) electrons. The Morgan fingerprint density at radius 2 is 1.72 bits per heavy atom. The van der Waals surface area contributed by atoms with Gasteiger partial charge in [0.15, 0.2) is 11.6 Å². The van der Waals surface area contributed by atoms with E-state index in [2.05, 4.69) is 20.6 Å². The summed E-state index contributed by atoms with van der Waals surface area (Å²) in [5, 5.41) is 7.24. The Kier molecular flexibility index (Phi) is 7.26. The molecule has 1 atom stereocenters. The molecule has 0 unspecified atom stereocenters. The van der Waals surface area contributed by atoms with Gasteiger partial charge < -0.3 is 20.9 Å². The van der Waals surface area contributed by atoms with Gasteiger partial charge in [0, 0.05) is 48.2 Å². The Morgan fingerprint density at radius 3 is 2.46 bits per heavy atom. The van der Waals surface area contributed by atoms with Crippen LogP contribution >= 0.6 is 0 Å². The van der Waals surface area contributed by atoms with Gasteiger partial charge in [0.2, 0.25) is 5.91 Å². The number of nitrogens with two attached hydrogens (primary N) is 1. The van der Waals surface area contributed by atoms with Crippen LogP contribution in [-0.2, 0) is 17.8 Å². The number of nitrogen functional groups attached to an aromatic ring is 1. The predicted octanol–water partition coefficient (Wildman–Crippen LogP) is 3.94. The summed E-state index contributed by atoms with van der Waals surface area (Å²) in [6.45, 7) is 0.181. The molecule has 4 N–H and O–H groups in total. The van der Waals surface area contributed by atoms with Crippen molar-refractivity contribution in [2.45, 2.75) is 19.0 Å². The summed E-state index contributed by atoms with van der Waals surface area (Å²) in [7, 11) is 0. The minimum atomic E-state index is -1.05. The van der Waals surface area contributed by atoms with E-state index in [1.54, 1.807) is 53.8 Å². The second-order valence-corrected chi connectivity index (χ2v) is 8.96. The Labute approximate surface area is 222 Å². The second-order valence-electron chi connectivity index (χ2n) is 8.96. The number of aromatic nitrogens is 3. The minimum absolute atomic E-state index is 0.0399. The normalized spacial score (nSPS) is 11.7. The number of imidazole rings is 1. The van der Waals surface area contributed by atoms with E-state index >= 15 is 0 Å². The smallest absolute Gasteiger partial charge is 0.251 e. The third-order valence-corrected chi connectivity index (χ3v) is 6.30. The predicted molar refractivity (Wildman–Crippen MR) is 143 cm³/mol. The number of benzene rings is 3. The third-order valence-electron chi connectivity index (χ3n) is 6.30. The van der Waals surface area contributed by atoms with Crippen molar-refractivity contribution in [3.8, 4) is 5.69 Å². The van der Waals surface area contributed by atoms with Gasteiger partial charge in [0.05, 0.1) is 6.33 Å². The van der Waals surface area contributed by atoms with Crippen molar-refractivity contribution in [3.05, 3.63) is 120 Å². The number of pyridine rings is 1. The molecule has 196 valence electrons. The molecule has 2 heterocycles. The molecule has 0 saturated carbocycles. The molecule has 0 saturated heterocycles. The average Bonchev–Trinajstić information content (AvgIpc) is 3.49. The first-order chi connectivity index (χ1) is 18.9. The molecule has 5 rings (SSSR count). The summed E-state index contributed by atoms with van der Waals surface area (Å²) in [5.74, 6) is -2.57. The van der Waals surface area contributed by atoms with Crippen LogP contribution in [0.5, 0.6) is 0 Å². The first kappa shape index (κ1) is 25.5. The van der Waals surface area contributed by atoms with Gasteiger partial charge in [-0.1, -0.05) is 18.2 Å². The molecular formula is C29H24F2N6O2. The monoisotopic (exact) mass is 526 g/mol. The highest BCUT2D eigenvalue weighted by Crippen LogP contribution is 2.20. The van der Waals surface area contributed by atoms with E-state index < -0.39 is 29.5 Å². The van der Waals surface area contributed by atoms with Gasteiger partial charge in [-0.2, -0.15) is 0 Å². The lowest BCUT2D eigenvalue weighted by Crippen LogP contribution is -2.47.